The van der Waals surface area contributed by atoms with Crippen molar-refractivity contribution in [1.29, 1.82) is 0 Å². The lowest BCUT2D eigenvalue weighted by molar-refractivity contribution is 0.397. The molecule has 0 unspecified atom stereocenters. The van der Waals surface area contributed by atoms with E-state index in [0.29, 0.717) is 5.88 Å². The van der Waals surface area contributed by atoms with Crippen LogP contribution >= 0.6 is 12.6 Å². The van der Waals surface area contributed by atoms with Crippen molar-refractivity contribution in [3.05, 3.63) is 18.3 Å². The number of methoxy groups -OCH3 is 1. The predicted molar refractivity (Wildman–Crippen MR) is 38.0 cm³/mol. The largest absolute Gasteiger partial charge is 0.481 e. The van der Waals surface area contributed by atoms with Gasteiger partial charge in [-0.15, -0.1) is 12.6 Å². The van der Waals surface area contributed by atoms with E-state index in [4.69, 9.17) is 4.74 Å². The molecular formula is C6H7NOS. The second-order valence-corrected chi connectivity index (χ2v) is 2.08. The van der Waals surface area contributed by atoms with Gasteiger partial charge in [0.05, 0.1) is 7.11 Å². The van der Waals surface area contributed by atoms with Gasteiger partial charge in [0.25, 0.3) is 0 Å². The van der Waals surface area contributed by atoms with Crippen LogP contribution < -0.4 is 4.74 Å². The first-order valence-electron chi connectivity index (χ1n) is 2.52. The smallest absolute Gasteiger partial charge is 0.212 e. The van der Waals surface area contributed by atoms with Crippen LogP contribution in [0.5, 0.6) is 5.88 Å². The summed E-state index contributed by atoms with van der Waals surface area (Å²) in [6, 6.07) is 3.59. The van der Waals surface area contributed by atoms with Gasteiger partial charge < -0.3 is 4.74 Å². The molecule has 0 radical (unpaired) electrons. The molecule has 9 heavy (non-hydrogen) atoms. The van der Waals surface area contributed by atoms with E-state index in [0.717, 1.165) is 4.90 Å². The molecule has 1 heterocycles. The molecule has 0 saturated heterocycles. The molecule has 0 N–H and O–H groups in total. The van der Waals surface area contributed by atoms with Gasteiger partial charge in [-0.1, -0.05) is 0 Å². The quantitative estimate of drug-likeness (QED) is 0.597. The maximum atomic E-state index is 4.82. The Hall–Kier alpha value is -0.700. The van der Waals surface area contributed by atoms with E-state index in [2.05, 4.69) is 17.6 Å². The zero-order valence-corrected chi connectivity index (χ0v) is 5.93. The summed E-state index contributed by atoms with van der Waals surface area (Å²) in [4.78, 5) is 4.74. The van der Waals surface area contributed by atoms with Crippen LogP contribution in [0.25, 0.3) is 0 Å². The highest BCUT2D eigenvalue weighted by atomic mass is 32.1. The van der Waals surface area contributed by atoms with Gasteiger partial charge in [-0.2, -0.15) is 0 Å². The highest BCUT2D eigenvalue weighted by molar-refractivity contribution is 7.80. The summed E-state index contributed by atoms with van der Waals surface area (Å²) in [5.41, 5.74) is 0. The Morgan fingerprint density at radius 1 is 1.56 bits per heavy atom. The summed E-state index contributed by atoms with van der Waals surface area (Å²) in [6.45, 7) is 0. The zero-order chi connectivity index (χ0) is 6.69. The summed E-state index contributed by atoms with van der Waals surface area (Å²) in [6.07, 6.45) is 1.64. The summed E-state index contributed by atoms with van der Waals surface area (Å²) in [5, 5.41) is 0. The Labute approximate surface area is 59.3 Å². The lowest BCUT2D eigenvalue weighted by Crippen LogP contribution is -1.84. The van der Waals surface area contributed by atoms with Crippen molar-refractivity contribution < 1.29 is 4.74 Å². The van der Waals surface area contributed by atoms with Gasteiger partial charge in [-0.3, -0.25) is 0 Å². The van der Waals surface area contributed by atoms with E-state index in [1.165, 1.54) is 0 Å². The maximum absolute atomic E-state index is 4.82. The van der Waals surface area contributed by atoms with Crippen molar-refractivity contribution in [2.75, 3.05) is 7.11 Å². The molecule has 1 rings (SSSR count). The van der Waals surface area contributed by atoms with E-state index < -0.39 is 0 Å². The second kappa shape index (κ2) is 2.73. The minimum Gasteiger partial charge on any atom is -0.481 e. The third-order valence-electron chi connectivity index (χ3n) is 0.930. The number of hydrogen-bond donors (Lipinski definition) is 1. The summed E-state index contributed by atoms with van der Waals surface area (Å²) >= 11 is 4.05. The van der Waals surface area contributed by atoms with Gasteiger partial charge >= 0.3 is 0 Å². The summed E-state index contributed by atoms with van der Waals surface area (Å²) in [5.74, 6) is 0.618. The minimum atomic E-state index is 0.618. The minimum absolute atomic E-state index is 0.618. The molecule has 0 spiro atoms. The van der Waals surface area contributed by atoms with Crippen molar-refractivity contribution in [2.24, 2.45) is 0 Å². The molecule has 0 bridgehead atoms. The Bertz CT molecular complexity index is 185. The lowest BCUT2D eigenvalue weighted by atomic mass is 10.5. The molecule has 0 atom stereocenters. The number of hydrogen-bond acceptors (Lipinski definition) is 3. The normalized spacial score (nSPS) is 9.11. The first kappa shape index (κ1) is 6.42. The number of thiol groups is 1. The fraction of sp³-hybridized carbons (Fsp3) is 0.167. The number of aromatic nitrogens is 1. The van der Waals surface area contributed by atoms with E-state index in [9.17, 15) is 0 Å². The maximum Gasteiger partial charge on any atom is 0.212 e. The molecule has 0 fully saturated rings. The molecule has 0 aliphatic rings. The lowest BCUT2D eigenvalue weighted by Gasteiger charge is -1.95. The van der Waals surface area contributed by atoms with Gasteiger partial charge in [-0.05, 0) is 6.07 Å². The first-order chi connectivity index (χ1) is 4.33. The average molecular weight is 141 g/mol. The Morgan fingerprint density at radius 2 is 2.33 bits per heavy atom. The monoisotopic (exact) mass is 141 g/mol. The van der Waals surface area contributed by atoms with Crippen LogP contribution in [-0.4, -0.2) is 12.1 Å². The third kappa shape index (κ3) is 1.61. The molecule has 3 heteroatoms. The van der Waals surface area contributed by atoms with Crippen LogP contribution in [0.1, 0.15) is 0 Å². The molecular weight excluding hydrogens is 134 g/mol. The van der Waals surface area contributed by atoms with Crippen LogP contribution in [0.2, 0.25) is 0 Å². The zero-order valence-electron chi connectivity index (χ0n) is 5.03. The molecule has 0 aliphatic carbocycles. The number of ether oxygens (including phenoxy) is 1. The Morgan fingerprint density at radius 3 is 2.78 bits per heavy atom. The predicted octanol–water partition coefficient (Wildman–Crippen LogP) is 1.38. The van der Waals surface area contributed by atoms with Crippen LogP contribution in [0.3, 0.4) is 0 Å². The van der Waals surface area contributed by atoms with Crippen molar-refractivity contribution in [1.82, 2.24) is 4.98 Å². The van der Waals surface area contributed by atoms with E-state index in [1.54, 1.807) is 19.4 Å². The molecule has 0 amide bonds. The first-order valence-corrected chi connectivity index (χ1v) is 2.96. The standard InChI is InChI=1S/C6H7NOS/c1-8-6-3-2-5(9)4-7-6/h2-4,9H,1H3. The van der Waals surface area contributed by atoms with Gasteiger partial charge in [0, 0.05) is 17.2 Å². The third-order valence-corrected chi connectivity index (χ3v) is 1.19. The SMILES string of the molecule is COc1ccc(S)cn1. The number of nitrogens with zero attached hydrogens (tertiary/aromatic N) is 1. The van der Waals surface area contributed by atoms with E-state index in [1.807, 2.05) is 6.07 Å². The van der Waals surface area contributed by atoms with Crippen molar-refractivity contribution in [3.8, 4) is 5.88 Å². The molecule has 2 nitrogen and oxygen atoms in total. The highest BCUT2D eigenvalue weighted by Crippen LogP contribution is 2.08. The number of pyridine rings is 1. The molecule has 1 aromatic heterocycles. The molecule has 48 valence electrons. The van der Waals surface area contributed by atoms with Gasteiger partial charge in [0.1, 0.15) is 0 Å². The average Bonchev–Trinajstić information content (AvgIpc) is 1.90. The molecule has 0 aliphatic heterocycles. The molecule has 1 aromatic rings. The number of rotatable bonds is 1. The van der Waals surface area contributed by atoms with Gasteiger partial charge in [0.2, 0.25) is 5.88 Å². The van der Waals surface area contributed by atoms with Crippen LogP contribution in [0.4, 0.5) is 0 Å². The second-order valence-electron chi connectivity index (χ2n) is 1.56. The van der Waals surface area contributed by atoms with Crippen molar-refractivity contribution >= 4 is 12.6 Å². The Kier molecular flexibility index (Phi) is 1.95. The van der Waals surface area contributed by atoms with Crippen LogP contribution in [0.15, 0.2) is 23.2 Å². The Balaban J connectivity index is 2.88. The molecule has 0 aromatic carbocycles. The van der Waals surface area contributed by atoms with E-state index >= 15 is 0 Å². The summed E-state index contributed by atoms with van der Waals surface area (Å²) < 4.78 is 4.82. The molecule has 0 saturated carbocycles. The highest BCUT2D eigenvalue weighted by Gasteiger charge is 1.87. The topological polar surface area (TPSA) is 22.1 Å². The van der Waals surface area contributed by atoms with Crippen molar-refractivity contribution in [2.45, 2.75) is 4.90 Å². The van der Waals surface area contributed by atoms with Gasteiger partial charge in [0.15, 0.2) is 0 Å². The van der Waals surface area contributed by atoms with Crippen LogP contribution in [-0.2, 0) is 0 Å². The van der Waals surface area contributed by atoms with E-state index in [-0.39, 0.29) is 0 Å². The fourth-order valence-corrected chi connectivity index (χ4v) is 0.626. The van der Waals surface area contributed by atoms with Gasteiger partial charge in [-0.25, -0.2) is 4.98 Å². The summed E-state index contributed by atoms with van der Waals surface area (Å²) in [7, 11) is 1.58. The van der Waals surface area contributed by atoms with Crippen LogP contribution in [0, 0.1) is 0 Å². The fourth-order valence-electron chi connectivity index (χ4n) is 0.493. The van der Waals surface area contributed by atoms with Crippen molar-refractivity contribution in [3.63, 3.8) is 0 Å².